The normalized spacial score (nSPS) is 15.0. The van der Waals surface area contributed by atoms with Gasteiger partial charge in [0.2, 0.25) is 0 Å². The molecule has 0 aliphatic heterocycles. The lowest BCUT2D eigenvalue weighted by molar-refractivity contribution is -0.902. The largest absolute Gasteiger partial charge is 0.774 e. The molecule has 0 aromatic rings. The van der Waals surface area contributed by atoms with E-state index in [9.17, 15) is 19.4 Å². The predicted molar refractivity (Wildman–Crippen MR) is 186 cm³/mol. The molecule has 0 aromatic carbocycles. The van der Waals surface area contributed by atoms with Gasteiger partial charge in [-0.2, -0.15) is 0 Å². The summed E-state index contributed by atoms with van der Waals surface area (Å²) in [5.41, 5.74) is 0. The maximum atomic E-state index is 12.5. The first-order valence-corrected chi connectivity index (χ1v) is 20.2. The number of ether oxygens (including phenoxy) is 1. The molecule has 274 valence electrons. The molecule has 0 bridgehead atoms. The van der Waals surface area contributed by atoms with Gasteiger partial charge in [0.1, 0.15) is 18.5 Å². The Bertz CT molecular complexity index is 792. The van der Waals surface area contributed by atoms with Crippen LogP contribution in [0.5, 0.6) is 0 Å². The van der Waals surface area contributed by atoms with Gasteiger partial charge in [-0.15, -0.1) is 0 Å². The molecule has 0 aliphatic carbocycles. The van der Waals surface area contributed by atoms with Crippen molar-refractivity contribution in [2.24, 2.45) is 0 Å². The van der Waals surface area contributed by atoms with Gasteiger partial charge in [0.05, 0.1) is 27.2 Å². The minimum Gasteiger partial charge on any atom is -0.774 e. The van der Waals surface area contributed by atoms with Crippen LogP contribution in [-0.2, 0) is 18.6 Å². The third kappa shape index (κ3) is 27.2. The summed E-state index contributed by atoms with van der Waals surface area (Å²) in [5, 5.41) is 28.2. The van der Waals surface area contributed by atoms with E-state index in [2.05, 4.69) is 19.1 Å². The Morgan fingerprint density at radius 2 is 1.17 bits per heavy atom. The standard InChI is InChI=1S/C36H72NO8P/c1-5-6-7-8-9-10-11-12-13-14-15-16-17-18-19-20-21-22-23-24-25-26-27-28-36(41)44-31-34(38)32-45-46(42,43)33(2)37(3,4)30-29-35(39)40/h13-14,33-35,38-40H,5-12,15-32H2,1-4H3/b14-13-/t33?,34-/m1/s1. The van der Waals surface area contributed by atoms with Crippen LogP contribution in [0.1, 0.15) is 162 Å². The topological polar surface area (TPSA) is 136 Å². The summed E-state index contributed by atoms with van der Waals surface area (Å²) in [6.07, 6.45) is 29.0. The molecule has 0 amide bonds. The molecule has 0 rings (SSSR count). The lowest BCUT2D eigenvalue weighted by Crippen LogP contribution is -2.50. The summed E-state index contributed by atoms with van der Waals surface area (Å²) in [5.74, 6) is -1.37. The van der Waals surface area contributed by atoms with Gasteiger partial charge in [0.25, 0.3) is 0 Å². The van der Waals surface area contributed by atoms with Gasteiger partial charge in [-0.05, 0) is 39.0 Å². The molecule has 46 heavy (non-hydrogen) atoms. The number of quaternary nitrogens is 1. The Morgan fingerprint density at radius 1 is 0.739 bits per heavy atom. The van der Waals surface area contributed by atoms with Crippen molar-refractivity contribution in [2.45, 2.75) is 180 Å². The SMILES string of the molecule is CCCCCCCCC/C=C\CCCCCCCCCCCCCCC(=O)OC[C@@H](O)COP(=O)([O-])C(C)[N+](C)(C)CCC(O)O. The number of carbonyl (C=O) groups is 1. The van der Waals surface area contributed by atoms with Gasteiger partial charge >= 0.3 is 5.97 Å². The second-order valence-corrected chi connectivity index (χ2v) is 15.8. The van der Waals surface area contributed by atoms with Gasteiger partial charge in [-0.1, -0.05) is 122 Å². The van der Waals surface area contributed by atoms with Crippen molar-refractivity contribution in [3.05, 3.63) is 12.2 Å². The van der Waals surface area contributed by atoms with Gasteiger partial charge in [-0.25, -0.2) is 0 Å². The van der Waals surface area contributed by atoms with E-state index in [-0.39, 0.29) is 30.5 Å². The molecule has 9 nitrogen and oxygen atoms in total. The first kappa shape index (κ1) is 45.2. The minimum absolute atomic E-state index is 0.0219. The monoisotopic (exact) mass is 677 g/mol. The molecular formula is C36H72NO8P. The summed E-state index contributed by atoms with van der Waals surface area (Å²) in [6.45, 7) is 3.14. The average Bonchev–Trinajstić information content (AvgIpc) is 3.01. The van der Waals surface area contributed by atoms with Crippen LogP contribution in [0.3, 0.4) is 0 Å². The Labute approximate surface area is 282 Å². The quantitative estimate of drug-likeness (QED) is 0.0160. The van der Waals surface area contributed by atoms with Crippen molar-refractivity contribution in [3.63, 3.8) is 0 Å². The summed E-state index contributed by atoms with van der Waals surface area (Å²) in [7, 11) is -1.06. The summed E-state index contributed by atoms with van der Waals surface area (Å²) >= 11 is 0. The number of esters is 1. The first-order chi connectivity index (χ1) is 21.9. The predicted octanol–water partition coefficient (Wildman–Crippen LogP) is 7.74. The number of nitrogens with zero attached hydrogens (tertiary/aromatic N) is 1. The number of aliphatic hydroxyl groups is 3. The molecule has 3 atom stereocenters. The number of aliphatic hydroxyl groups excluding tert-OH is 2. The number of unbranched alkanes of at least 4 members (excludes halogenated alkanes) is 19. The van der Waals surface area contributed by atoms with E-state index in [0.29, 0.717) is 0 Å². The smallest absolute Gasteiger partial charge is 0.305 e. The van der Waals surface area contributed by atoms with Crippen molar-refractivity contribution in [1.29, 1.82) is 0 Å². The molecule has 0 radical (unpaired) electrons. The van der Waals surface area contributed by atoms with E-state index in [1.54, 1.807) is 14.1 Å². The highest BCUT2D eigenvalue weighted by atomic mass is 31.2. The Kier molecular flexibility index (Phi) is 28.6. The first-order valence-electron chi connectivity index (χ1n) is 18.5. The van der Waals surface area contributed by atoms with Gasteiger partial charge in [0.15, 0.2) is 13.9 Å². The van der Waals surface area contributed by atoms with E-state index >= 15 is 0 Å². The molecule has 0 heterocycles. The fourth-order valence-electron chi connectivity index (χ4n) is 5.38. The third-order valence-electron chi connectivity index (χ3n) is 8.96. The molecule has 0 spiro atoms. The van der Waals surface area contributed by atoms with Crippen molar-refractivity contribution in [3.8, 4) is 0 Å². The van der Waals surface area contributed by atoms with Crippen LogP contribution in [0.2, 0.25) is 0 Å². The zero-order chi connectivity index (χ0) is 34.5. The molecule has 0 saturated heterocycles. The van der Waals surface area contributed by atoms with E-state index in [0.717, 1.165) is 19.3 Å². The molecule has 3 N–H and O–H groups in total. The molecule has 2 unspecified atom stereocenters. The number of carbonyl (C=O) groups excluding carboxylic acids is 1. The highest BCUT2D eigenvalue weighted by molar-refractivity contribution is 7.51. The van der Waals surface area contributed by atoms with Crippen molar-refractivity contribution >= 4 is 13.6 Å². The lowest BCUT2D eigenvalue weighted by atomic mass is 10.0. The Balaban J connectivity index is 3.61. The second kappa shape index (κ2) is 29.1. The van der Waals surface area contributed by atoms with E-state index in [4.69, 9.17) is 19.5 Å². The van der Waals surface area contributed by atoms with Crippen molar-refractivity contribution in [2.75, 3.05) is 33.9 Å². The van der Waals surface area contributed by atoms with Crippen LogP contribution in [-0.4, -0.2) is 77.8 Å². The van der Waals surface area contributed by atoms with Crippen LogP contribution in [0.4, 0.5) is 0 Å². The van der Waals surface area contributed by atoms with Gasteiger partial charge in [0, 0.05) is 12.8 Å². The number of hydrogen-bond donors (Lipinski definition) is 3. The van der Waals surface area contributed by atoms with E-state index in [1.165, 1.54) is 122 Å². The summed E-state index contributed by atoms with van der Waals surface area (Å²) in [6, 6.07) is 0. The summed E-state index contributed by atoms with van der Waals surface area (Å²) < 4.78 is 22.6. The molecule has 0 saturated carbocycles. The summed E-state index contributed by atoms with van der Waals surface area (Å²) in [4.78, 5) is 24.5. The highest BCUT2D eigenvalue weighted by Gasteiger charge is 2.34. The lowest BCUT2D eigenvalue weighted by Gasteiger charge is -2.42. The second-order valence-electron chi connectivity index (χ2n) is 13.7. The van der Waals surface area contributed by atoms with Crippen LogP contribution in [0.15, 0.2) is 12.2 Å². The van der Waals surface area contributed by atoms with E-state index in [1.807, 2.05) is 0 Å². The van der Waals surface area contributed by atoms with Gasteiger partial charge in [-0.3, -0.25) is 4.79 Å². The van der Waals surface area contributed by atoms with Crippen LogP contribution in [0.25, 0.3) is 0 Å². The molecule has 0 fully saturated rings. The fraction of sp³-hybridized carbons (Fsp3) is 0.917. The van der Waals surface area contributed by atoms with Crippen LogP contribution in [0, 0.1) is 0 Å². The van der Waals surface area contributed by atoms with E-state index < -0.39 is 38.3 Å². The average molecular weight is 678 g/mol. The number of hydrogen-bond acceptors (Lipinski definition) is 8. The maximum absolute atomic E-state index is 12.5. The van der Waals surface area contributed by atoms with Crippen LogP contribution >= 0.6 is 7.60 Å². The Morgan fingerprint density at radius 3 is 1.63 bits per heavy atom. The van der Waals surface area contributed by atoms with Crippen molar-refractivity contribution < 1.29 is 43.3 Å². The number of allylic oxidation sites excluding steroid dienone is 2. The van der Waals surface area contributed by atoms with Gasteiger partial charge < -0.3 is 38.5 Å². The zero-order valence-corrected chi connectivity index (χ0v) is 30.9. The zero-order valence-electron chi connectivity index (χ0n) is 30.0. The van der Waals surface area contributed by atoms with Crippen LogP contribution < -0.4 is 4.89 Å². The number of rotatable bonds is 33. The Hall–Kier alpha value is -0.800. The minimum atomic E-state index is -4.36. The maximum Gasteiger partial charge on any atom is 0.305 e. The molecular weight excluding hydrogens is 605 g/mol. The molecule has 0 aliphatic rings. The molecule has 10 heteroatoms. The highest BCUT2D eigenvalue weighted by Crippen LogP contribution is 2.46. The third-order valence-corrected chi connectivity index (χ3v) is 11.0. The van der Waals surface area contributed by atoms with Crippen molar-refractivity contribution in [1.82, 2.24) is 0 Å². The molecule has 0 aromatic heterocycles. The fourth-order valence-corrected chi connectivity index (χ4v) is 6.86.